The van der Waals surface area contributed by atoms with Gasteiger partial charge in [-0.15, -0.1) is 0 Å². The Balaban J connectivity index is 1.42. The predicted octanol–water partition coefficient (Wildman–Crippen LogP) is 2.86. The van der Waals surface area contributed by atoms with E-state index in [-0.39, 0.29) is 40.4 Å². The molecule has 1 amide bonds. The van der Waals surface area contributed by atoms with Gasteiger partial charge in [-0.3, -0.25) is 4.79 Å². The molecule has 190 valence electrons. The van der Waals surface area contributed by atoms with Crippen LogP contribution < -0.4 is 4.90 Å². The van der Waals surface area contributed by atoms with Crippen molar-refractivity contribution in [3.8, 4) is 0 Å². The standard InChI is InChI=1S/C23H27ClFN3O5S2/c1-26(2)35(32,33)18-6-7-22-17(14-18)10-13-28(22)23(29)16-8-11-27(12-9-16)34(30,31)15-19-20(24)4-3-5-21(19)25/h3-7,14,16H,8-13,15H2,1-2H3. The van der Waals surface area contributed by atoms with E-state index in [1.54, 1.807) is 17.0 Å². The van der Waals surface area contributed by atoms with Crippen molar-refractivity contribution in [3.05, 3.63) is 58.4 Å². The zero-order valence-corrected chi connectivity index (χ0v) is 21.8. The van der Waals surface area contributed by atoms with Gasteiger partial charge in [0.05, 0.1) is 10.6 Å². The van der Waals surface area contributed by atoms with Gasteiger partial charge in [-0.25, -0.2) is 29.8 Å². The summed E-state index contributed by atoms with van der Waals surface area (Å²) in [5.41, 5.74) is 1.43. The van der Waals surface area contributed by atoms with Gasteiger partial charge in [-0.1, -0.05) is 17.7 Å². The summed E-state index contributed by atoms with van der Waals surface area (Å²) < 4.78 is 67.1. The van der Waals surface area contributed by atoms with E-state index in [2.05, 4.69) is 0 Å². The van der Waals surface area contributed by atoms with Crippen LogP contribution in [0.4, 0.5) is 10.1 Å². The number of fused-ring (bicyclic) bond motifs is 1. The molecule has 2 aliphatic rings. The molecule has 0 aromatic heterocycles. The number of carbonyl (C=O) groups excluding carboxylic acids is 1. The molecule has 2 aromatic rings. The molecule has 8 nitrogen and oxygen atoms in total. The summed E-state index contributed by atoms with van der Waals surface area (Å²) in [7, 11) is -4.43. The average molecular weight is 544 g/mol. The van der Waals surface area contributed by atoms with Crippen molar-refractivity contribution in [1.29, 1.82) is 0 Å². The highest BCUT2D eigenvalue weighted by molar-refractivity contribution is 7.89. The summed E-state index contributed by atoms with van der Waals surface area (Å²) in [6.07, 6.45) is 1.25. The number of rotatable bonds is 6. The number of anilines is 1. The fraction of sp³-hybridized carbons (Fsp3) is 0.435. The Morgan fingerprint density at radius 3 is 2.40 bits per heavy atom. The zero-order valence-electron chi connectivity index (χ0n) is 19.4. The Morgan fingerprint density at radius 2 is 1.77 bits per heavy atom. The summed E-state index contributed by atoms with van der Waals surface area (Å²) in [5, 5.41) is 0.0628. The Morgan fingerprint density at radius 1 is 1.09 bits per heavy atom. The number of hydrogen-bond acceptors (Lipinski definition) is 5. The van der Waals surface area contributed by atoms with Gasteiger partial charge in [0, 0.05) is 55.9 Å². The van der Waals surface area contributed by atoms with E-state index in [1.807, 2.05) is 0 Å². The number of carbonyl (C=O) groups is 1. The highest BCUT2D eigenvalue weighted by atomic mass is 35.5. The van der Waals surface area contributed by atoms with E-state index in [0.29, 0.717) is 31.5 Å². The van der Waals surface area contributed by atoms with Gasteiger partial charge in [0.2, 0.25) is 26.0 Å². The van der Waals surface area contributed by atoms with E-state index in [4.69, 9.17) is 11.6 Å². The highest BCUT2D eigenvalue weighted by Gasteiger charge is 2.36. The van der Waals surface area contributed by atoms with Crippen molar-refractivity contribution >= 4 is 43.2 Å². The van der Waals surface area contributed by atoms with E-state index in [9.17, 15) is 26.0 Å². The van der Waals surface area contributed by atoms with Crippen molar-refractivity contribution in [2.45, 2.75) is 29.9 Å². The van der Waals surface area contributed by atoms with E-state index >= 15 is 0 Å². The minimum absolute atomic E-state index is 0.0586. The quantitative estimate of drug-likeness (QED) is 0.558. The summed E-state index contributed by atoms with van der Waals surface area (Å²) in [6, 6.07) is 8.82. The number of hydrogen-bond donors (Lipinski definition) is 0. The second-order valence-corrected chi connectivity index (χ2v) is 13.5. The minimum atomic E-state index is -3.80. The van der Waals surface area contributed by atoms with Crippen LogP contribution in [0, 0.1) is 11.7 Å². The molecule has 4 rings (SSSR count). The van der Waals surface area contributed by atoms with Crippen molar-refractivity contribution in [1.82, 2.24) is 8.61 Å². The number of nitrogens with zero attached hydrogens (tertiary/aromatic N) is 3. The van der Waals surface area contributed by atoms with Crippen molar-refractivity contribution in [2.75, 3.05) is 38.6 Å². The fourth-order valence-corrected chi connectivity index (χ4v) is 7.39. The molecule has 0 radical (unpaired) electrons. The molecule has 35 heavy (non-hydrogen) atoms. The van der Waals surface area contributed by atoms with Crippen LogP contribution in [0.25, 0.3) is 0 Å². The minimum Gasteiger partial charge on any atom is -0.312 e. The third-order valence-corrected chi connectivity index (χ3v) is 10.5. The first-order valence-corrected chi connectivity index (χ1v) is 14.6. The van der Waals surface area contributed by atoms with Crippen LogP contribution in [0.3, 0.4) is 0 Å². The molecule has 1 fully saturated rings. The number of piperidine rings is 1. The molecule has 0 N–H and O–H groups in total. The van der Waals surface area contributed by atoms with Crippen LogP contribution in [-0.4, -0.2) is 65.1 Å². The van der Waals surface area contributed by atoms with Crippen LogP contribution in [0.5, 0.6) is 0 Å². The lowest BCUT2D eigenvalue weighted by atomic mass is 9.96. The van der Waals surface area contributed by atoms with Crippen molar-refractivity contribution in [2.24, 2.45) is 5.92 Å². The van der Waals surface area contributed by atoms with Gasteiger partial charge in [-0.2, -0.15) is 0 Å². The Bertz CT molecular complexity index is 1340. The Labute approximate surface area is 210 Å². The summed E-state index contributed by atoms with van der Waals surface area (Å²) in [6.45, 7) is 0.765. The topological polar surface area (TPSA) is 95.1 Å². The van der Waals surface area contributed by atoms with Gasteiger partial charge in [0.15, 0.2) is 0 Å². The number of sulfonamides is 2. The third-order valence-electron chi connectivity index (χ3n) is 6.58. The molecule has 0 saturated carbocycles. The molecule has 0 unspecified atom stereocenters. The monoisotopic (exact) mass is 543 g/mol. The Kier molecular flexibility index (Phi) is 7.27. The summed E-state index contributed by atoms with van der Waals surface area (Å²) >= 11 is 5.99. The van der Waals surface area contributed by atoms with E-state index < -0.39 is 31.6 Å². The lowest BCUT2D eigenvalue weighted by Gasteiger charge is -2.32. The molecule has 2 heterocycles. The second-order valence-electron chi connectivity index (χ2n) is 8.95. The maximum Gasteiger partial charge on any atom is 0.242 e. The zero-order chi connectivity index (χ0) is 25.5. The van der Waals surface area contributed by atoms with Gasteiger partial charge < -0.3 is 4.90 Å². The molecular formula is C23H27ClFN3O5S2. The lowest BCUT2D eigenvalue weighted by Crippen LogP contribution is -2.44. The van der Waals surface area contributed by atoms with E-state index in [0.717, 1.165) is 9.87 Å². The third kappa shape index (κ3) is 5.10. The molecular weight excluding hydrogens is 517 g/mol. The first kappa shape index (κ1) is 26.0. The SMILES string of the molecule is CN(C)S(=O)(=O)c1ccc2c(c1)CCN2C(=O)C1CCN(S(=O)(=O)Cc2c(F)cccc2Cl)CC1. The number of benzene rings is 2. The summed E-state index contributed by atoms with van der Waals surface area (Å²) in [4.78, 5) is 15.1. The Hall–Kier alpha value is -2.05. The van der Waals surface area contributed by atoms with Gasteiger partial charge in [0.1, 0.15) is 5.82 Å². The maximum atomic E-state index is 14.1. The largest absolute Gasteiger partial charge is 0.312 e. The smallest absolute Gasteiger partial charge is 0.242 e. The van der Waals surface area contributed by atoms with Gasteiger partial charge in [0.25, 0.3) is 0 Å². The van der Waals surface area contributed by atoms with Crippen LogP contribution in [-0.2, 0) is 37.0 Å². The normalized spacial score (nSPS) is 17.7. The van der Waals surface area contributed by atoms with Crippen LogP contribution in [0.1, 0.15) is 24.0 Å². The number of halogens is 2. The summed E-state index contributed by atoms with van der Waals surface area (Å²) in [5.74, 6) is -1.65. The highest BCUT2D eigenvalue weighted by Crippen LogP contribution is 2.34. The average Bonchev–Trinajstić information content (AvgIpc) is 3.24. The van der Waals surface area contributed by atoms with Crippen molar-refractivity contribution in [3.63, 3.8) is 0 Å². The molecule has 2 aromatic carbocycles. The maximum absolute atomic E-state index is 14.1. The van der Waals surface area contributed by atoms with Crippen LogP contribution >= 0.6 is 11.6 Å². The molecule has 0 atom stereocenters. The van der Waals surface area contributed by atoms with Crippen LogP contribution in [0.15, 0.2) is 41.3 Å². The second kappa shape index (κ2) is 9.78. The lowest BCUT2D eigenvalue weighted by molar-refractivity contribution is -0.123. The molecule has 12 heteroatoms. The first-order chi connectivity index (χ1) is 16.4. The predicted molar refractivity (Wildman–Crippen MR) is 132 cm³/mol. The van der Waals surface area contributed by atoms with Crippen molar-refractivity contribution < 1.29 is 26.0 Å². The van der Waals surface area contributed by atoms with Gasteiger partial charge in [-0.05, 0) is 55.2 Å². The molecule has 1 saturated heterocycles. The molecule has 0 spiro atoms. The first-order valence-electron chi connectivity index (χ1n) is 11.2. The molecule has 0 bridgehead atoms. The van der Waals surface area contributed by atoms with E-state index in [1.165, 1.54) is 42.7 Å². The molecule has 0 aliphatic carbocycles. The van der Waals surface area contributed by atoms with Gasteiger partial charge >= 0.3 is 0 Å². The fourth-order valence-electron chi connectivity index (χ4n) is 4.52. The van der Waals surface area contributed by atoms with Crippen LogP contribution in [0.2, 0.25) is 5.02 Å². The molecule has 2 aliphatic heterocycles. The number of amides is 1.